The monoisotopic (exact) mass is 217 g/mol. The first-order valence-corrected chi connectivity index (χ1v) is 5.05. The van der Waals surface area contributed by atoms with Crippen LogP contribution in [0, 0.1) is 0 Å². The van der Waals surface area contributed by atoms with Crippen LogP contribution in [0.5, 0.6) is 0 Å². The third kappa shape index (κ3) is 1.43. The first kappa shape index (κ1) is 10.5. The van der Waals surface area contributed by atoms with E-state index in [2.05, 4.69) is 0 Å². The van der Waals surface area contributed by atoms with Gasteiger partial charge in [-0.15, -0.1) is 0 Å². The minimum Gasteiger partial charge on any atom is -0.285 e. The van der Waals surface area contributed by atoms with Gasteiger partial charge in [0, 0.05) is 5.56 Å². The van der Waals surface area contributed by atoms with Gasteiger partial charge in [0.25, 0.3) is 17.6 Å². The number of carbonyl (C=O) groups is 3. The fraction of sp³-hybridized carbons (Fsp3) is 0.250. The van der Waals surface area contributed by atoms with Gasteiger partial charge in [0.05, 0.1) is 5.56 Å². The Balaban J connectivity index is 2.72. The Kier molecular flexibility index (Phi) is 2.34. The van der Waals surface area contributed by atoms with E-state index in [1.54, 1.807) is 18.2 Å². The minimum atomic E-state index is -0.842. The number of hydrogen-bond acceptors (Lipinski definition) is 3. The highest BCUT2D eigenvalue weighted by Crippen LogP contribution is 2.25. The molecule has 82 valence electrons. The van der Waals surface area contributed by atoms with Gasteiger partial charge in [-0.1, -0.05) is 26.0 Å². The molecule has 0 aliphatic carbocycles. The number of Topliss-reactive ketones (excluding diaryl/α,β-unsaturated/α-hetero) is 1. The molecule has 0 atom stereocenters. The molecule has 0 unspecified atom stereocenters. The van der Waals surface area contributed by atoms with E-state index in [-0.39, 0.29) is 17.0 Å². The van der Waals surface area contributed by atoms with Gasteiger partial charge in [-0.05, 0) is 17.5 Å². The van der Waals surface area contributed by atoms with Crippen molar-refractivity contribution in [2.45, 2.75) is 19.8 Å². The second-order valence-corrected chi connectivity index (χ2v) is 4.04. The summed E-state index contributed by atoms with van der Waals surface area (Å²) < 4.78 is 0. The molecule has 1 aromatic carbocycles. The van der Waals surface area contributed by atoms with Gasteiger partial charge >= 0.3 is 0 Å². The summed E-state index contributed by atoms with van der Waals surface area (Å²) >= 11 is 0. The van der Waals surface area contributed by atoms with Crippen molar-refractivity contribution in [2.24, 2.45) is 0 Å². The van der Waals surface area contributed by atoms with E-state index in [1.807, 2.05) is 19.2 Å². The Morgan fingerprint density at radius 1 is 1.06 bits per heavy atom. The maximum atomic E-state index is 11.7. The zero-order valence-electron chi connectivity index (χ0n) is 9.03. The SMILES string of the molecule is CC(C)c1cccc2c1C(=O)C(=O)NC2=O. The van der Waals surface area contributed by atoms with Crippen molar-refractivity contribution in [3.63, 3.8) is 0 Å². The van der Waals surface area contributed by atoms with Crippen LogP contribution >= 0.6 is 0 Å². The summed E-state index contributed by atoms with van der Waals surface area (Å²) in [6.45, 7) is 3.83. The van der Waals surface area contributed by atoms with E-state index in [4.69, 9.17) is 0 Å². The second-order valence-electron chi connectivity index (χ2n) is 4.04. The molecule has 0 bridgehead atoms. The minimum absolute atomic E-state index is 0.0950. The molecule has 0 spiro atoms. The maximum absolute atomic E-state index is 11.7. The highest BCUT2D eigenvalue weighted by molar-refractivity contribution is 6.49. The summed E-state index contributed by atoms with van der Waals surface area (Å²) in [5, 5.41) is 2.02. The summed E-state index contributed by atoms with van der Waals surface area (Å²) in [6.07, 6.45) is 0. The van der Waals surface area contributed by atoms with Crippen LogP contribution in [0.4, 0.5) is 0 Å². The lowest BCUT2D eigenvalue weighted by Gasteiger charge is -2.18. The van der Waals surface area contributed by atoms with Gasteiger partial charge in [0.2, 0.25) is 0 Å². The first-order chi connectivity index (χ1) is 7.52. The van der Waals surface area contributed by atoms with Gasteiger partial charge in [-0.2, -0.15) is 0 Å². The van der Waals surface area contributed by atoms with Crippen LogP contribution in [-0.2, 0) is 4.79 Å². The Hall–Kier alpha value is -1.97. The normalized spacial score (nSPS) is 15.1. The number of ketones is 1. The van der Waals surface area contributed by atoms with E-state index >= 15 is 0 Å². The number of nitrogens with one attached hydrogen (secondary N) is 1. The topological polar surface area (TPSA) is 63.2 Å². The van der Waals surface area contributed by atoms with Crippen molar-refractivity contribution < 1.29 is 14.4 Å². The first-order valence-electron chi connectivity index (χ1n) is 5.05. The molecule has 1 aliphatic heterocycles. The molecule has 4 heteroatoms. The summed E-state index contributed by atoms with van der Waals surface area (Å²) in [4.78, 5) is 34.5. The van der Waals surface area contributed by atoms with E-state index in [0.29, 0.717) is 0 Å². The fourth-order valence-corrected chi connectivity index (χ4v) is 1.83. The molecule has 0 radical (unpaired) electrons. The molecule has 1 aliphatic rings. The van der Waals surface area contributed by atoms with E-state index in [9.17, 15) is 14.4 Å². The molecule has 2 rings (SSSR count). The van der Waals surface area contributed by atoms with Gasteiger partial charge in [-0.3, -0.25) is 19.7 Å². The highest BCUT2D eigenvalue weighted by Gasteiger charge is 2.32. The summed E-state index contributed by atoms with van der Waals surface area (Å²) in [5.74, 6) is -1.87. The van der Waals surface area contributed by atoms with E-state index in [0.717, 1.165) is 5.56 Å². The predicted molar refractivity (Wildman–Crippen MR) is 57.3 cm³/mol. The third-order valence-electron chi connectivity index (χ3n) is 2.62. The number of hydrogen-bond donors (Lipinski definition) is 1. The van der Waals surface area contributed by atoms with Crippen molar-refractivity contribution in [3.8, 4) is 0 Å². The van der Waals surface area contributed by atoms with Gasteiger partial charge in [0.1, 0.15) is 0 Å². The van der Waals surface area contributed by atoms with Gasteiger partial charge < -0.3 is 0 Å². The zero-order valence-corrected chi connectivity index (χ0v) is 9.03. The van der Waals surface area contributed by atoms with Gasteiger partial charge in [-0.25, -0.2) is 0 Å². The maximum Gasteiger partial charge on any atom is 0.299 e. The average Bonchev–Trinajstić information content (AvgIpc) is 2.25. The van der Waals surface area contributed by atoms with Crippen LogP contribution in [0.15, 0.2) is 18.2 Å². The third-order valence-corrected chi connectivity index (χ3v) is 2.62. The van der Waals surface area contributed by atoms with Crippen LogP contribution in [-0.4, -0.2) is 17.6 Å². The van der Waals surface area contributed by atoms with Crippen LogP contribution in [0.2, 0.25) is 0 Å². The van der Waals surface area contributed by atoms with E-state index < -0.39 is 17.6 Å². The molecule has 0 saturated carbocycles. The molecule has 1 heterocycles. The number of amides is 2. The molecule has 2 amide bonds. The molecule has 1 N–H and O–H groups in total. The standard InChI is InChI=1S/C12H11NO3/c1-6(2)7-4-3-5-8-9(7)10(14)12(16)13-11(8)15/h3-6H,1-2H3,(H,13,15,16). The Bertz CT molecular complexity index is 503. The Morgan fingerprint density at radius 2 is 1.75 bits per heavy atom. The summed E-state index contributed by atoms with van der Waals surface area (Å²) in [6, 6.07) is 5.05. The van der Waals surface area contributed by atoms with Crippen molar-refractivity contribution in [2.75, 3.05) is 0 Å². The Labute approximate surface area is 92.6 Å². The molecule has 16 heavy (non-hydrogen) atoms. The number of benzene rings is 1. The number of imide groups is 1. The molecule has 0 aromatic heterocycles. The molecule has 0 fully saturated rings. The number of fused-ring (bicyclic) bond motifs is 1. The second kappa shape index (κ2) is 3.56. The van der Waals surface area contributed by atoms with E-state index in [1.165, 1.54) is 0 Å². The summed E-state index contributed by atoms with van der Waals surface area (Å²) in [7, 11) is 0. The quantitative estimate of drug-likeness (QED) is 0.569. The number of rotatable bonds is 1. The molecular weight excluding hydrogens is 206 g/mol. The lowest BCUT2D eigenvalue weighted by Crippen LogP contribution is -2.42. The van der Waals surface area contributed by atoms with Crippen LogP contribution in [0.3, 0.4) is 0 Å². The van der Waals surface area contributed by atoms with Crippen molar-refractivity contribution >= 4 is 17.6 Å². The van der Waals surface area contributed by atoms with Crippen molar-refractivity contribution in [1.82, 2.24) is 5.32 Å². The number of carbonyl (C=O) groups excluding carboxylic acids is 3. The summed E-state index contributed by atoms with van der Waals surface area (Å²) in [5.41, 5.74) is 1.28. The molecule has 0 saturated heterocycles. The fourth-order valence-electron chi connectivity index (χ4n) is 1.83. The smallest absolute Gasteiger partial charge is 0.285 e. The molecular formula is C12H11NO3. The highest BCUT2D eigenvalue weighted by atomic mass is 16.2. The van der Waals surface area contributed by atoms with Crippen LogP contribution in [0.1, 0.15) is 46.0 Å². The lowest BCUT2D eigenvalue weighted by molar-refractivity contribution is -0.116. The average molecular weight is 217 g/mol. The molecule has 1 aromatic rings. The molecule has 4 nitrogen and oxygen atoms in total. The van der Waals surface area contributed by atoms with Gasteiger partial charge in [0.15, 0.2) is 0 Å². The largest absolute Gasteiger partial charge is 0.299 e. The van der Waals surface area contributed by atoms with Crippen LogP contribution < -0.4 is 5.32 Å². The predicted octanol–water partition coefficient (Wildman–Crippen LogP) is 1.26. The Morgan fingerprint density at radius 3 is 2.38 bits per heavy atom. The zero-order chi connectivity index (χ0) is 11.9. The van der Waals surface area contributed by atoms with Crippen LogP contribution in [0.25, 0.3) is 0 Å². The van der Waals surface area contributed by atoms with Crippen molar-refractivity contribution in [3.05, 3.63) is 34.9 Å². The van der Waals surface area contributed by atoms with Crippen molar-refractivity contribution in [1.29, 1.82) is 0 Å². The lowest BCUT2D eigenvalue weighted by atomic mass is 9.88.